The SMILES string of the molecule is CCN(c1ccc(C#N)c(C#N)c1)[C@H]1CC[C@H](NC(=O)c2ccc(N3CCC(CN4Cc5cc6c(cc5C4)C(=O)N([C@H]4CCC(=O)NC4=O)C6=O)CC3)cc2)CC1. The second-order valence-electron chi connectivity index (χ2n) is 16.0. The van der Waals surface area contributed by atoms with E-state index >= 15 is 0 Å². The molecule has 1 saturated carbocycles. The highest BCUT2D eigenvalue weighted by molar-refractivity contribution is 6.23. The Kier molecular flexibility index (Phi) is 10.5. The normalized spacial score (nSPS) is 22.4. The number of fused-ring (bicyclic) bond motifs is 2. The minimum Gasteiger partial charge on any atom is -0.372 e. The lowest BCUT2D eigenvalue weighted by Gasteiger charge is -2.38. The summed E-state index contributed by atoms with van der Waals surface area (Å²) in [4.78, 5) is 72.0. The molecule has 13 nitrogen and oxygen atoms in total. The van der Waals surface area contributed by atoms with Crippen molar-refractivity contribution >= 4 is 40.9 Å². The Bertz CT molecular complexity index is 2160. The third kappa shape index (κ3) is 7.48. The van der Waals surface area contributed by atoms with Gasteiger partial charge in [0.1, 0.15) is 18.2 Å². The van der Waals surface area contributed by atoms with E-state index in [9.17, 15) is 34.5 Å². The molecular formula is C44H46N8O5. The van der Waals surface area contributed by atoms with Crippen molar-refractivity contribution < 1.29 is 24.0 Å². The van der Waals surface area contributed by atoms with E-state index in [4.69, 9.17) is 0 Å². The van der Waals surface area contributed by atoms with E-state index in [2.05, 4.69) is 44.4 Å². The lowest BCUT2D eigenvalue weighted by molar-refractivity contribution is -0.136. The predicted molar refractivity (Wildman–Crippen MR) is 211 cm³/mol. The summed E-state index contributed by atoms with van der Waals surface area (Å²) in [5, 5.41) is 24.3. The Morgan fingerprint density at radius 3 is 2.07 bits per heavy atom. The molecule has 13 heteroatoms. The van der Waals surface area contributed by atoms with Crippen LogP contribution in [0, 0.1) is 28.6 Å². The molecule has 4 heterocycles. The number of piperidine rings is 2. The van der Waals surface area contributed by atoms with Gasteiger partial charge in [0.05, 0.1) is 22.3 Å². The van der Waals surface area contributed by atoms with Gasteiger partial charge in [-0.15, -0.1) is 0 Å². The maximum atomic E-state index is 13.3. The fourth-order valence-corrected chi connectivity index (χ4v) is 9.48. The molecular weight excluding hydrogens is 721 g/mol. The van der Waals surface area contributed by atoms with E-state index in [-0.39, 0.29) is 30.7 Å². The molecule has 5 aliphatic rings. The van der Waals surface area contributed by atoms with Crippen molar-refractivity contribution in [2.45, 2.75) is 89.5 Å². The molecule has 2 saturated heterocycles. The molecule has 3 fully saturated rings. The summed E-state index contributed by atoms with van der Waals surface area (Å²) in [7, 11) is 0. The van der Waals surface area contributed by atoms with Crippen LogP contribution >= 0.6 is 0 Å². The van der Waals surface area contributed by atoms with Gasteiger partial charge in [-0.1, -0.05) is 0 Å². The quantitative estimate of drug-likeness (QED) is 0.293. The highest BCUT2D eigenvalue weighted by Crippen LogP contribution is 2.35. The van der Waals surface area contributed by atoms with Gasteiger partial charge in [-0.25, -0.2) is 0 Å². The maximum Gasteiger partial charge on any atom is 0.262 e. The van der Waals surface area contributed by atoms with E-state index in [0.29, 0.717) is 52.9 Å². The van der Waals surface area contributed by atoms with Gasteiger partial charge in [0, 0.05) is 74.7 Å². The largest absolute Gasteiger partial charge is 0.372 e. The molecule has 292 valence electrons. The van der Waals surface area contributed by atoms with Crippen molar-refractivity contribution in [3.05, 3.63) is 93.5 Å². The van der Waals surface area contributed by atoms with Gasteiger partial charge in [0.25, 0.3) is 17.7 Å². The number of rotatable bonds is 9. The molecule has 4 aliphatic heterocycles. The Morgan fingerprint density at radius 1 is 0.825 bits per heavy atom. The second-order valence-corrected chi connectivity index (χ2v) is 16.0. The molecule has 8 rings (SSSR count). The van der Waals surface area contributed by atoms with Crippen LogP contribution in [-0.4, -0.2) is 83.6 Å². The van der Waals surface area contributed by atoms with Crippen molar-refractivity contribution in [1.29, 1.82) is 10.5 Å². The molecule has 2 N–H and O–H groups in total. The molecule has 3 aromatic carbocycles. The molecule has 0 spiro atoms. The Hall–Kier alpha value is -6.05. The molecule has 0 aromatic heterocycles. The maximum absolute atomic E-state index is 13.3. The van der Waals surface area contributed by atoms with Crippen LogP contribution in [0.3, 0.4) is 0 Å². The predicted octanol–water partition coefficient (Wildman–Crippen LogP) is 4.63. The highest BCUT2D eigenvalue weighted by Gasteiger charge is 2.45. The molecule has 0 unspecified atom stereocenters. The van der Waals surface area contributed by atoms with Crippen molar-refractivity contribution in [3.63, 3.8) is 0 Å². The zero-order chi connectivity index (χ0) is 39.8. The number of hydrogen-bond acceptors (Lipinski definition) is 10. The van der Waals surface area contributed by atoms with Crippen LogP contribution in [0.25, 0.3) is 0 Å². The number of amides is 5. The number of anilines is 2. The number of benzene rings is 3. The summed E-state index contributed by atoms with van der Waals surface area (Å²) in [6.07, 6.45) is 5.91. The van der Waals surface area contributed by atoms with Crippen LogP contribution in [0.2, 0.25) is 0 Å². The lowest BCUT2D eigenvalue weighted by Crippen LogP contribution is -2.54. The monoisotopic (exact) mass is 766 g/mol. The van der Waals surface area contributed by atoms with Crippen molar-refractivity contribution in [2.75, 3.05) is 36.0 Å². The van der Waals surface area contributed by atoms with E-state index in [1.165, 1.54) is 0 Å². The third-order valence-corrected chi connectivity index (χ3v) is 12.6. The van der Waals surface area contributed by atoms with Crippen LogP contribution in [-0.2, 0) is 22.7 Å². The average molecular weight is 767 g/mol. The Morgan fingerprint density at radius 2 is 1.47 bits per heavy atom. The van der Waals surface area contributed by atoms with Gasteiger partial charge < -0.3 is 15.1 Å². The number of imide groups is 2. The summed E-state index contributed by atoms with van der Waals surface area (Å²) in [6.45, 7) is 7.06. The van der Waals surface area contributed by atoms with Crippen LogP contribution in [0.1, 0.15) is 112 Å². The number of nitriles is 2. The van der Waals surface area contributed by atoms with Crippen LogP contribution in [0.5, 0.6) is 0 Å². The summed E-state index contributed by atoms with van der Waals surface area (Å²) in [6, 6.07) is 20.7. The van der Waals surface area contributed by atoms with Crippen LogP contribution in [0.4, 0.5) is 11.4 Å². The van der Waals surface area contributed by atoms with Gasteiger partial charge in [-0.3, -0.25) is 39.1 Å². The first-order valence-electron chi connectivity index (χ1n) is 20.1. The van der Waals surface area contributed by atoms with Crippen molar-refractivity contribution in [2.24, 2.45) is 5.92 Å². The minimum atomic E-state index is -0.964. The van der Waals surface area contributed by atoms with E-state index in [1.807, 2.05) is 42.5 Å². The zero-order valence-corrected chi connectivity index (χ0v) is 32.1. The van der Waals surface area contributed by atoms with Crippen LogP contribution < -0.4 is 20.4 Å². The summed E-state index contributed by atoms with van der Waals surface area (Å²) >= 11 is 0. The van der Waals surface area contributed by atoms with E-state index in [0.717, 1.165) is 92.1 Å². The van der Waals surface area contributed by atoms with Gasteiger partial charge in [-0.2, -0.15) is 10.5 Å². The minimum absolute atomic E-state index is 0.0565. The fraction of sp³-hybridized carbons (Fsp3) is 0.432. The number of carbonyl (C=O) groups is 5. The summed E-state index contributed by atoms with van der Waals surface area (Å²) < 4.78 is 0. The Balaban J connectivity index is 0.788. The third-order valence-electron chi connectivity index (χ3n) is 12.6. The smallest absolute Gasteiger partial charge is 0.262 e. The standard InChI is InChI=1S/C44H46N8O5/c1-2-51(36-10-5-29(22-45)30(19-36)23-46)35-11-6-33(7-12-35)47-41(54)28-3-8-34(9-4-28)50-17-15-27(16-18-50)24-49-25-31-20-37-38(21-32(31)26-49)44(57)52(43(37)56)39-13-14-40(53)48-42(39)55/h3-5,8-10,19-21,27,33,35,39H,2,6-7,11-18,24-26H2,1H3,(H,47,54)(H,48,53,55)/t33-,35-,39-/m0/s1. The van der Waals surface area contributed by atoms with Gasteiger partial charge >= 0.3 is 0 Å². The first kappa shape index (κ1) is 37.9. The first-order valence-corrected chi connectivity index (χ1v) is 20.1. The fourth-order valence-electron chi connectivity index (χ4n) is 9.48. The number of hydrogen-bond donors (Lipinski definition) is 2. The summed E-state index contributed by atoms with van der Waals surface area (Å²) in [5.41, 5.74) is 6.23. The van der Waals surface area contributed by atoms with Gasteiger partial charge in [0.15, 0.2) is 0 Å². The number of nitrogens with one attached hydrogen (secondary N) is 2. The second kappa shape index (κ2) is 15.8. The average Bonchev–Trinajstić information content (AvgIpc) is 3.73. The highest BCUT2D eigenvalue weighted by atomic mass is 16.2. The lowest BCUT2D eigenvalue weighted by atomic mass is 9.89. The van der Waals surface area contributed by atoms with Crippen molar-refractivity contribution in [1.82, 2.24) is 20.4 Å². The molecule has 0 radical (unpaired) electrons. The number of nitrogens with zero attached hydrogens (tertiary/aromatic N) is 6. The molecule has 1 aliphatic carbocycles. The first-order chi connectivity index (χ1) is 27.6. The molecule has 3 aromatic rings. The molecule has 57 heavy (non-hydrogen) atoms. The Labute approximate surface area is 332 Å². The molecule has 0 bridgehead atoms. The molecule has 5 amide bonds. The van der Waals surface area contributed by atoms with E-state index < -0.39 is 23.8 Å². The van der Waals surface area contributed by atoms with Crippen molar-refractivity contribution in [3.8, 4) is 12.1 Å². The van der Waals surface area contributed by atoms with Gasteiger partial charge in [-0.05, 0) is 124 Å². The van der Waals surface area contributed by atoms with Gasteiger partial charge in [0.2, 0.25) is 11.8 Å². The topological polar surface area (TPSA) is 170 Å². The zero-order valence-electron chi connectivity index (χ0n) is 32.1. The number of carbonyl (C=O) groups excluding carboxylic acids is 5. The van der Waals surface area contributed by atoms with E-state index in [1.54, 1.807) is 12.1 Å². The van der Waals surface area contributed by atoms with Crippen LogP contribution in [0.15, 0.2) is 54.6 Å². The molecule has 1 atom stereocenters. The summed E-state index contributed by atoms with van der Waals surface area (Å²) in [5.74, 6) is -1.47.